The summed E-state index contributed by atoms with van der Waals surface area (Å²) < 4.78 is 5.61. The van der Waals surface area contributed by atoms with Crippen LogP contribution in [0.1, 0.15) is 5.76 Å². The van der Waals surface area contributed by atoms with Crippen LogP contribution in [0.15, 0.2) is 64.6 Å². The van der Waals surface area contributed by atoms with Crippen LogP contribution in [0.2, 0.25) is 5.02 Å². The fourth-order valence-corrected chi connectivity index (χ4v) is 3.44. The van der Waals surface area contributed by atoms with Crippen molar-refractivity contribution in [3.63, 3.8) is 0 Å². The first-order valence-corrected chi connectivity index (χ1v) is 9.73. The molecule has 12 nitrogen and oxygen atoms in total. The van der Waals surface area contributed by atoms with Crippen LogP contribution in [-0.4, -0.2) is 27.7 Å². The molecular weight excluding hydrogens is 472 g/mol. The molecule has 0 saturated carbocycles. The molecule has 0 spiro atoms. The lowest BCUT2D eigenvalue weighted by Gasteiger charge is -2.26. The molecule has 1 fully saturated rings. The van der Waals surface area contributed by atoms with E-state index in [2.05, 4.69) is 0 Å². The third-order valence-corrected chi connectivity index (χ3v) is 5.06. The van der Waals surface area contributed by atoms with Crippen LogP contribution >= 0.6 is 11.6 Å². The van der Waals surface area contributed by atoms with E-state index < -0.39 is 33.3 Å². The summed E-state index contributed by atoms with van der Waals surface area (Å²) in [5, 5.41) is 24.0. The number of carbonyl (C=O) groups excluding carboxylic acids is 3. The van der Waals surface area contributed by atoms with Crippen LogP contribution in [-0.2, 0) is 9.59 Å². The average Bonchev–Trinajstić information content (AvgIpc) is 3.25. The number of nitro groups is 2. The molecule has 1 aliphatic heterocycles. The lowest BCUT2D eigenvalue weighted by molar-refractivity contribution is -0.385. The highest BCUT2D eigenvalue weighted by Crippen LogP contribution is 2.33. The summed E-state index contributed by atoms with van der Waals surface area (Å²) in [5.74, 6) is -1.73. The van der Waals surface area contributed by atoms with Gasteiger partial charge < -0.3 is 4.42 Å². The third-order valence-electron chi connectivity index (χ3n) is 4.74. The number of rotatable bonds is 5. The number of non-ortho nitro benzene ring substituents is 2. The molecule has 34 heavy (non-hydrogen) atoms. The van der Waals surface area contributed by atoms with Crippen molar-refractivity contribution < 1.29 is 28.6 Å². The van der Waals surface area contributed by atoms with Crippen molar-refractivity contribution in [2.45, 2.75) is 0 Å². The number of carbonyl (C=O) groups is 3. The SMILES string of the molecule is O=C1NC(=O)N(c2cccc([N+](=O)[O-])c2)C(=O)/C1=C\c1ccc(-c2ccc([N+](=O)[O-])cc2Cl)o1. The van der Waals surface area contributed by atoms with Crippen LogP contribution in [0.25, 0.3) is 17.4 Å². The maximum absolute atomic E-state index is 12.9. The largest absolute Gasteiger partial charge is 0.457 e. The van der Waals surface area contributed by atoms with Gasteiger partial charge in [-0.05, 0) is 30.3 Å². The molecule has 0 radical (unpaired) electrons. The van der Waals surface area contributed by atoms with Gasteiger partial charge >= 0.3 is 6.03 Å². The van der Waals surface area contributed by atoms with Crippen molar-refractivity contribution in [3.8, 4) is 11.3 Å². The standard InChI is InChI=1S/C21H11ClN4O8/c22-17-9-13(26(32)33)4-6-15(17)18-7-5-14(34-18)10-16-19(27)23-21(29)24(20(16)28)11-2-1-3-12(8-11)25(30)31/h1-10H,(H,23,27,29)/b16-10-. The molecule has 2 heterocycles. The average molecular weight is 483 g/mol. The smallest absolute Gasteiger partial charge is 0.335 e. The van der Waals surface area contributed by atoms with Gasteiger partial charge in [0.25, 0.3) is 23.2 Å². The number of amides is 4. The molecule has 1 aliphatic rings. The van der Waals surface area contributed by atoms with Gasteiger partial charge in [-0.25, -0.2) is 9.69 Å². The van der Waals surface area contributed by atoms with E-state index in [-0.39, 0.29) is 33.6 Å². The third kappa shape index (κ3) is 4.12. The summed E-state index contributed by atoms with van der Waals surface area (Å²) in [6, 6.07) is 10.4. The van der Waals surface area contributed by atoms with Crippen LogP contribution in [0.3, 0.4) is 0 Å². The molecule has 4 amide bonds. The molecule has 13 heteroatoms. The summed E-state index contributed by atoms with van der Waals surface area (Å²) >= 11 is 6.10. The van der Waals surface area contributed by atoms with Gasteiger partial charge in [0, 0.05) is 29.8 Å². The van der Waals surface area contributed by atoms with Gasteiger partial charge in [0.1, 0.15) is 17.1 Å². The number of hydrogen-bond donors (Lipinski definition) is 1. The molecule has 1 saturated heterocycles. The number of hydrogen-bond acceptors (Lipinski definition) is 8. The minimum Gasteiger partial charge on any atom is -0.457 e. The molecule has 1 N–H and O–H groups in total. The van der Waals surface area contributed by atoms with Crippen molar-refractivity contribution in [3.05, 3.63) is 91.2 Å². The number of nitrogens with zero attached hydrogens (tertiary/aromatic N) is 3. The predicted octanol–water partition coefficient (Wildman–Crippen LogP) is 4.08. The number of halogens is 1. The zero-order valence-electron chi connectivity index (χ0n) is 16.8. The molecule has 0 aliphatic carbocycles. The van der Waals surface area contributed by atoms with Gasteiger partial charge in [-0.15, -0.1) is 0 Å². The van der Waals surface area contributed by atoms with Gasteiger partial charge in [-0.1, -0.05) is 17.7 Å². The van der Waals surface area contributed by atoms with E-state index in [1.165, 1.54) is 42.5 Å². The van der Waals surface area contributed by atoms with Crippen molar-refractivity contribution >= 4 is 52.6 Å². The Hall–Kier alpha value is -4.84. The maximum atomic E-state index is 12.9. The van der Waals surface area contributed by atoms with E-state index in [0.29, 0.717) is 10.5 Å². The highest BCUT2D eigenvalue weighted by atomic mass is 35.5. The molecule has 2 aromatic carbocycles. The van der Waals surface area contributed by atoms with Crippen LogP contribution in [0.4, 0.5) is 21.9 Å². The second-order valence-corrected chi connectivity index (χ2v) is 7.27. The molecule has 0 unspecified atom stereocenters. The van der Waals surface area contributed by atoms with Gasteiger partial charge in [0.05, 0.1) is 20.6 Å². The lowest BCUT2D eigenvalue weighted by Crippen LogP contribution is -2.54. The Balaban J connectivity index is 1.67. The van der Waals surface area contributed by atoms with Gasteiger partial charge in [0.2, 0.25) is 0 Å². The highest BCUT2D eigenvalue weighted by Gasteiger charge is 2.37. The number of furan rings is 1. The molecule has 0 bridgehead atoms. The number of urea groups is 1. The lowest BCUT2D eigenvalue weighted by atomic mass is 10.1. The quantitative estimate of drug-likeness (QED) is 0.245. The molecular formula is C21H11ClN4O8. The normalized spacial score (nSPS) is 14.9. The number of nitro benzene ring substituents is 2. The van der Waals surface area contributed by atoms with Crippen LogP contribution in [0, 0.1) is 20.2 Å². The monoisotopic (exact) mass is 482 g/mol. The number of nitrogens with one attached hydrogen (secondary N) is 1. The van der Waals surface area contributed by atoms with Gasteiger partial charge in [-0.2, -0.15) is 0 Å². The zero-order chi connectivity index (χ0) is 24.6. The molecule has 170 valence electrons. The van der Waals surface area contributed by atoms with E-state index in [1.54, 1.807) is 0 Å². The Kier molecular flexibility index (Phi) is 5.65. The topological polar surface area (TPSA) is 166 Å². The molecule has 1 aromatic heterocycles. The molecule has 3 aromatic rings. The zero-order valence-corrected chi connectivity index (χ0v) is 17.5. The van der Waals surface area contributed by atoms with Crippen molar-refractivity contribution in [2.24, 2.45) is 0 Å². The fraction of sp³-hybridized carbons (Fsp3) is 0. The fourth-order valence-electron chi connectivity index (χ4n) is 3.17. The summed E-state index contributed by atoms with van der Waals surface area (Å²) in [5.41, 5.74) is -0.784. The summed E-state index contributed by atoms with van der Waals surface area (Å²) in [6.07, 6.45) is 1.09. The minimum atomic E-state index is -1.06. The predicted molar refractivity (Wildman–Crippen MR) is 118 cm³/mol. The Bertz CT molecular complexity index is 1430. The second kappa shape index (κ2) is 8.60. The molecule has 4 rings (SSSR count). The van der Waals surface area contributed by atoms with E-state index in [9.17, 15) is 34.6 Å². The van der Waals surface area contributed by atoms with Gasteiger partial charge in [0.15, 0.2) is 0 Å². The highest BCUT2D eigenvalue weighted by molar-refractivity contribution is 6.39. The van der Waals surface area contributed by atoms with Crippen molar-refractivity contribution in [1.82, 2.24) is 5.32 Å². The molecule has 0 atom stereocenters. The van der Waals surface area contributed by atoms with E-state index >= 15 is 0 Å². The first kappa shape index (κ1) is 22.4. The Morgan fingerprint density at radius 3 is 2.32 bits per heavy atom. The van der Waals surface area contributed by atoms with E-state index in [1.807, 2.05) is 5.32 Å². The Labute approximate surface area is 194 Å². The van der Waals surface area contributed by atoms with E-state index in [0.717, 1.165) is 18.2 Å². The number of anilines is 1. The first-order chi connectivity index (χ1) is 16.2. The Morgan fingerprint density at radius 2 is 1.65 bits per heavy atom. The van der Waals surface area contributed by atoms with Crippen molar-refractivity contribution in [2.75, 3.05) is 4.90 Å². The van der Waals surface area contributed by atoms with Crippen molar-refractivity contribution in [1.29, 1.82) is 0 Å². The van der Waals surface area contributed by atoms with Crippen LogP contribution < -0.4 is 10.2 Å². The van der Waals surface area contributed by atoms with Crippen LogP contribution in [0.5, 0.6) is 0 Å². The maximum Gasteiger partial charge on any atom is 0.335 e. The summed E-state index contributed by atoms with van der Waals surface area (Å²) in [6.45, 7) is 0. The number of benzene rings is 2. The summed E-state index contributed by atoms with van der Waals surface area (Å²) in [4.78, 5) is 58.8. The number of imide groups is 2. The van der Waals surface area contributed by atoms with E-state index in [4.69, 9.17) is 16.0 Å². The first-order valence-electron chi connectivity index (χ1n) is 9.36. The Morgan fingerprint density at radius 1 is 0.941 bits per heavy atom. The summed E-state index contributed by atoms with van der Waals surface area (Å²) in [7, 11) is 0. The minimum absolute atomic E-state index is 0.0521. The number of barbiturate groups is 1. The second-order valence-electron chi connectivity index (χ2n) is 6.86. The van der Waals surface area contributed by atoms with Gasteiger partial charge in [-0.3, -0.25) is 35.1 Å².